The molecule has 1 aromatic carbocycles. The molecule has 0 radical (unpaired) electrons. The molecule has 0 fully saturated rings. The Balaban J connectivity index is 2.56. The molecule has 2 rings (SSSR count). The van der Waals surface area contributed by atoms with Crippen LogP contribution in [0, 0.1) is 0 Å². The number of nitrogens with two attached hydrogens (primary N) is 2. The second-order valence-electron chi connectivity index (χ2n) is 3.88. The van der Waals surface area contributed by atoms with Crippen molar-refractivity contribution < 1.29 is 9.59 Å². The van der Waals surface area contributed by atoms with Crippen molar-refractivity contribution in [2.24, 2.45) is 5.73 Å². The minimum absolute atomic E-state index is 0.191. The van der Waals surface area contributed by atoms with Gasteiger partial charge in [-0.2, -0.15) is 0 Å². The van der Waals surface area contributed by atoms with Crippen LogP contribution in [0.15, 0.2) is 30.3 Å². The molecule has 0 atom stereocenters. The molecule has 0 spiro atoms. The summed E-state index contributed by atoms with van der Waals surface area (Å²) in [7, 11) is 1.57. The van der Waals surface area contributed by atoms with Crippen LogP contribution in [-0.4, -0.2) is 18.9 Å². The molecule has 5 nitrogen and oxygen atoms in total. The number of amides is 2. The van der Waals surface area contributed by atoms with E-state index in [0.717, 1.165) is 10.4 Å². The Hall–Kier alpha value is -2.34. The minimum Gasteiger partial charge on any atom is -0.390 e. The van der Waals surface area contributed by atoms with Crippen LogP contribution in [0.2, 0.25) is 0 Å². The normalized spacial score (nSPS) is 10.2. The van der Waals surface area contributed by atoms with Crippen LogP contribution in [0.3, 0.4) is 0 Å². The molecule has 6 heteroatoms. The zero-order valence-electron chi connectivity index (χ0n) is 10.3. The molecule has 0 aliphatic rings. The molecule has 98 valence electrons. The van der Waals surface area contributed by atoms with E-state index in [0.29, 0.717) is 10.6 Å². The standard InChI is InChI=1S/C13H13N3O2S/c1-16-13(18)8-5-3-2-4-7(8)10-6-9(11(14)17)12(15)19-10/h2-6H,15H2,1H3,(H2,14,17)(H,16,18). The first-order chi connectivity index (χ1) is 9.04. The maximum Gasteiger partial charge on any atom is 0.251 e. The van der Waals surface area contributed by atoms with Crippen molar-refractivity contribution in [3.05, 3.63) is 41.5 Å². The number of nitrogen functional groups attached to an aromatic ring is 1. The van der Waals surface area contributed by atoms with Gasteiger partial charge in [-0.3, -0.25) is 9.59 Å². The molecule has 2 aromatic rings. The van der Waals surface area contributed by atoms with E-state index in [9.17, 15) is 9.59 Å². The zero-order chi connectivity index (χ0) is 14.0. The molecule has 0 saturated carbocycles. The lowest BCUT2D eigenvalue weighted by Gasteiger charge is -2.05. The quantitative estimate of drug-likeness (QED) is 0.790. The summed E-state index contributed by atoms with van der Waals surface area (Å²) in [5.74, 6) is -0.763. The molecule has 19 heavy (non-hydrogen) atoms. The predicted molar refractivity (Wildman–Crippen MR) is 76.1 cm³/mol. The molecular weight excluding hydrogens is 262 g/mol. The van der Waals surface area contributed by atoms with Crippen LogP contribution >= 0.6 is 11.3 Å². The number of hydrogen-bond acceptors (Lipinski definition) is 4. The SMILES string of the molecule is CNC(=O)c1ccccc1-c1cc(C(N)=O)c(N)s1. The number of anilines is 1. The second kappa shape index (κ2) is 5.11. The third-order valence-corrected chi connectivity index (χ3v) is 3.69. The Kier molecular flexibility index (Phi) is 3.52. The number of carbonyl (C=O) groups is 2. The molecule has 1 aromatic heterocycles. The fourth-order valence-corrected chi connectivity index (χ4v) is 2.73. The van der Waals surface area contributed by atoms with Gasteiger partial charge in [-0.05, 0) is 12.1 Å². The summed E-state index contributed by atoms with van der Waals surface area (Å²) in [4.78, 5) is 23.8. The third-order valence-electron chi connectivity index (χ3n) is 2.69. The van der Waals surface area contributed by atoms with Gasteiger partial charge in [0.15, 0.2) is 0 Å². The highest BCUT2D eigenvalue weighted by molar-refractivity contribution is 7.19. The zero-order valence-corrected chi connectivity index (χ0v) is 11.1. The lowest BCUT2D eigenvalue weighted by molar-refractivity contribution is 0.0962. The van der Waals surface area contributed by atoms with Gasteiger partial charge in [-0.15, -0.1) is 11.3 Å². The fraction of sp³-hybridized carbons (Fsp3) is 0.0769. The average molecular weight is 275 g/mol. The maximum absolute atomic E-state index is 11.8. The van der Waals surface area contributed by atoms with Gasteiger partial charge in [-0.25, -0.2) is 0 Å². The van der Waals surface area contributed by atoms with Crippen molar-refractivity contribution in [1.82, 2.24) is 5.32 Å². The van der Waals surface area contributed by atoms with Gasteiger partial charge in [-0.1, -0.05) is 18.2 Å². The van der Waals surface area contributed by atoms with Gasteiger partial charge >= 0.3 is 0 Å². The molecule has 0 unspecified atom stereocenters. The van der Waals surface area contributed by atoms with E-state index in [4.69, 9.17) is 11.5 Å². The fourth-order valence-electron chi connectivity index (χ4n) is 1.76. The summed E-state index contributed by atoms with van der Waals surface area (Å²) < 4.78 is 0. The van der Waals surface area contributed by atoms with Crippen LogP contribution in [0.4, 0.5) is 5.00 Å². The number of thiophene rings is 1. The number of benzene rings is 1. The molecule has 2 amide bonds. The van der Waals surface area contributed by atoms with Crippen LogP contribution in [0.1, 0.15) is 20.7 Å². The summed E-state index contributed by atoms with van der Waals surface area (Å²) in [6.07, 6.45) is 0. The second-order valence-corrected chi connectivity index (χ2v) is 4.96. The number of hydrogen-bond donors (Lipinski definition) is 3. The smallest absolute Gasteiger partial charge is 0.251 e. The molecule has 1 heterocycles. The van der Waals surface area contributed by atoms with Gasteiger partial charge in [0.05, 0.1) is 10.6 Å². The monoisotopic (exact) mass is 275 g/mol. The largest absolute Gasteiger partial charge is 0.390 e. The van der Waals surface area contributed by atoms with Gasteiger partial charge < -0.3 is 16.8 Å². The van der Waals surface area contributed by atoms with Gasteiger partial charge in [0, 0.05) is 23.1 Å². The van der Waals surface area contributed by atoms with E-state index in [-0.39, 0.29) is 11.5 Å². The third kappa shape index (κ3) is 2.43. The van der Waals surface area contributed by atoms with Gasteiger partial charge in [0.2, 0.25) is 0 Å². The van der Waals surface area contributed by atoms with Crippen LogP contribution in [0.25, 0.3) is 10.4 Å². The van der Waals surface area contributed by atoms with Gasteiger partial charge in [0.25, 0.3) is 11.8 Å². The average Bonchev–Trinajstić information content (AvgIpc) is 2.80. The Bertz CT molecular complexity index is 649. The molecular formula is C13H13N3O2S. The van der Waals surface area contributed by atoms with Crippen molar-refractivity contribution in [2.45, 2.75) is 0 Å². The summed E-state index contributed by atoms with van der Waals surface area (Å²) in [5, 5.41) is 2.93. The topological polar surface area (TPSA) is 98.2 Å². The van der Waals surface area contributed by atoms with Crippen molar-refractivity contribution in [2.75, 3.05) is 12.8 Å². The van der Waals surface area contributed by atoms with E-state index in [1.54, 1.807) is 31.3 Å². The molecule has 0 saturated heterocycles. The highest BCUT2D eigenvalue weighted by Gasteiger charge is 2.16. The van der Waals surface area contributed by atoms with E-state index >= 15 is 0 Å². The number of nitrogens with one attached hydrogen (secondary N) is 1. The van der Waals surface area contributed by atoms with Crippen LogP contribution in [0.5, 0.6) is 0 Å². The Morgan fingerprint density at radius 2 is 1.89 bits per heavy atom. The maximum atomic E-state index is 11.8. The first kappa shape index (κ1) is 13.1. The Labute approximate surface area is 114 Å². The Morgan fingerprint density at radius 1 is 1.21 bits per heavy atom. The van der Waals surface area contributed by atoms with E-state index in [2.05, 4.69) is 5.32 Å². The van der Waals surface area contributed by atoms with Crippen molar-refractivity contribution in [3.8, 4) is 10.4 Å². The van der Waals surface area contributed by atoms with Crippen LogP contribution < -0.4 is 16.8 Å². The van der Waals surface area contributed by atoms with E-state index in [1.165, 1.54) is 11.3 Å². The lowest BCUT2D eigenvalue weighted by Crippen LogP contribution is -2.18. The van der Waals surface area contributed by atoms with E-state index < -0.39 is 5.91 Å². The summed E-state index contributed by atoms with van der Waals surface area (Å²) in [5.41, 5.74) is 12.5. The molecule has 0 aliphatic heterocycles. The molecule has 5 N–H and O–H groups in total. The number of carbonyl (C=O) groups excluding carboxylic acids is 2. The first-order valence-corrected chi connectivity index (χ1v) is 6.37. The summed E-state index contributed by atoms with van der Waals surface area (Å²) in [6.45, 7) is 0. The summed E-state index contributed by atoms with van der Waals surface area (Å²) >= 11 is 1.23. The Morgan fingerprint density at radius 3 is 2.47 bits per heavy atom. The summed E-state index contributed by atoms with van der Waals surface area (Å²) in [6, 6.07) is 8.74. The van der Waals surface area contributed by atoms with Gasteiger partial charge in [0.1, 0.15) is 0 Å². The van der Waals surface area contributed by atoms with Crippen molar-refractivity contribution >= 4 is 28.2 Å². The minimum atomic E-state index is -0.572. The van der Waals surface area contributed by atoms with Crippen molar-refractivity contribution in [3.63, 3.8) is 0 Å². The number of rotatable bonds is 3. The predicted octanol–water partition coefficient (Wildman–Crippen LogP) is 1.46. The first-order valence-electron chi connectivity index (χ1n) is 5.55. The van der Waals surface area contributed by atoms with Crippen molar-refractivity contribution in [1.29, 1.82) is 0 Å². The highest BCUT2D eigenvalue weighted by Crippen LogP contribution is 2.35. The van der Waals surface area contributed by atoms with Crippen LogP contribution in [-0.2, 0) is 0 Å². The van der Waals surface area contributed by atoms with E-state index in [1.807, 2.05) is 6.07 Å². The molecule has 0 bridgehead atoms. The lowest BCUT2D eigenvalue weighted by atomic mass is 10.0. The number of primary amides is 1. The highest BCUT2D eigenvalue weighted by atomic mass is 32.1. The molecule has 0 aliphatic carbocycles.